The van der Waals surface area contributed by atoms with E-state index in [1.165, 1.54) is 15.4 Å². The molecule has 1 atom stereocenters. The summed E-state index contributed by atoms with van der Waals surface area (Å²) in [5.74, 6) is 4.61. The average molecular weight is 573 g/mol. The second-order valence-corrected chi connectivity index (χ2v) is 12.6. The number of rotatable bonds is 7. The van der Waals surface area contributed by atoms with E-state index >= 15 is 0 Å². The molecular weight excluding hydrogens is 540 g/mol. The summed E-state index contributed by atoms with van der Waals surface area (Å²) >= 11 is 6.58. The van der Waals surface area contributed by atoms with Crippen molar-refractivity contribution < 1.29 is 23.1 Å². The third-order valence-electron chi connectivity index (χ3n) is 7.31. The predicted molar refractivity (Wildman–Crippen MR) is 152 cm³/mol. The van der Waals surface area contributed by atoms with Crippen LogP contribution in [-0.2, 0) is 21.4 Å². The number of benzene rings is 3. The van der Waals surface area contributed by atoms with Crippen LogP contribution in [0.15, 0.2) is 59.5 Å². The maximum Gasteiger partial charge on any atom is 0.310 e. The summed E-state index contributed by atoms with van der Waals surface area (Å²) in [6, 6.07) is 15.3. The number of hydrogen-bond donors (Lipinski definition) is 3. The van der Waals surface area contributed by atoms with Gasteiger partial charge in [0, 0.05) is 31.1 Å². The summed E-state index contributed by atoms with van der Waals surface area (Å²) in [6.45, 7) is 5.44. The van der Waals surface area contributed by atoms with Gasteiger partial charge < -0.3 is 20.6 Å². The van der Waals surface area contributed by atoms with Crippen LogP contribution in [0.1, 0.15) is 42.0 Å². The van der Waals surface area contributed by atoms with E-state index in [4.69, 9.17) is 27.9 Å². The number of aliphatic carboxylic acids is 1. The van der Waals surface area contributed by atoms with Crippen LogP contribution < -0.4 is 21.3 Å². The quantitative estimate of drug-likeness (QED) is 0.215. The fourth-order valence-corrected chi connectivity index (χ4v) is 6.72. The lowest BCUT2D eigenvalue weighted by molar-refractivity contribution is -0.147. The van der Waals surface area contributed by atoms with Crippen LogP contribution in [0.5, 0.6) is 5.75 Å². The number of hydrogen-bond acceptors (Lipinski definition) is 7. The standard InChI is InChI=1S/C28H33ClN4O5S/c1-17-20(10-12-22(26(17)30)32(4)31)25(28(2,3)27(34)35)18-9-11-21(29)19(15-18)16-33-13-14-38-23-7-5-6-8-24(23)39(33,36)37/h5-12,15,25H,13-14,16,30-31H2,1-4H3,(H,34,35)/t25-/m0/s1. The minimum atomic E-state index is -3.86. The molecule has 0 saturated heterocycles. The van der Waals surface area contributed by atoms with E-state index in [0.717, 1.165) is 5.56 Å². The molecule has 39 heavy (non-hydrogen) atoms. The molecule has 0 aromatic heterocycles. The molecule has 208 valence electrons. The van der Waals surface area contributed by atoms with Crippen molar-refractivity contribution in [1.29, 1.82) is 0 Å². The summed E-state index contributed by atoms with van der Waals surface area (Å²) in [6.07, 6.45) is 0. The molecule has 0 saturated carbocycles. The lowest BCUT2D eigenvalue weighted by atomic mass is 9.70. The molecule has 0 radical (unpaired) electrons. The zero-order valence-corrected chi connectivity index (χ0v) is 23.9. The highest BCUT2D eigenvalue weighted by Crippen LogP contribution is 2.45. The highest BCUT2D eigenvalue weighted by molar-refractivity contribution is 7.89. The van der Waals surface area contributed by atoms with Crippen molar-refractivity contribution in [2.24, 2.45) is 11.3 Å². The van der Waals surface area contributed by atoms with Gasteiger partial charge in [-0.3, -0.25) is 4.79 Å². The van der Waals surface area contributed by atoms with E-state index in [1.54, 1.807) is 63.4 Å². The van der Waals surface area contributed by atoms with Gasteiger partial charge >= 0.3 is 5.97 Å². The van der Waals surface area contributed by atoms with Gasteiger partial charge in [0.25, 0.3) is 0 Å². The predicted octanol–water partition coefficient (Wildman–Crippen LogP) is 4.37. The molecule has 0 spiro atoms. The SMILES string of the molecule is Cc1c([C@H](c2ccc(Cl)c(CN3CCOc4ccccc4S3(=O)=O)c2)C(C)(C)C(=O)O)ccc(N(C)N)c1N. The lowest BCUT2D eigenvalue weighted by Gasteiger charge is -2.34. The minimum absolute atomic E-state index is 0.00898. The largest absolute Gasteiger partial charge is 0.491 e. The number of anilines is 2. The number of carboxylic acid groups (broad SMARTS) is 1. The van der Waals surface area contributed by atoms with Crippen molar-refractivity contribution in [2.45, 2.75) is 38.1 Å². The number of nitrogens with two attached hydrogens (primary N) is 2. The molecule has 0 bridgehead atoms. The van der Waals surface area contributed by atoms with Gasteiger partial charge in [0.2, 0.25) is 10.0 Å². The first-order valence-electron chi connectivity index (χ1n) is 12.4. The van der Waals surface area contributed by atoms with Gasteiger partial charge in [-0.25, -0.2) is 14.3 Å². The molecule has 0 amide bonds. The Balaban J connectivity index is 1.82. The van der Waals surface area contributed by atoms with Crippen LogP contribution in [0.2, 0.25) is 5.02 Å². The topological polar surface area (TPSA) is 139 Å². The Labute approximate surface area is 233 Å². The third-order valence-corrected chi connectivity index (χ3v) is 9.57. The number of fused-ring (bicyclic) bond motifs is 1. The number of hydrazine groups is 1. The number of nitrogens with zero attached hydrogens (tertiary/aromatic N) is 2. The number of halogens is 1. The van der Waals surface area contributed by atoms with Gasteiger partial charge in [0.15, 0.2) is 0 Å². The number of para-hydroxylation sites is 1. The maximum absolute atomic E-state index is 13.5. The first-order valence-corrected chi connectivity index (χ1v) is 14.2. The van der Waals surface area contributed by atoms with Gasteiger partial charge in [-0.15, -0.1) is 0 Å². The molecule has 0 aliphatic carbocycles. The summed E-state index contributed by atoms with van der Waals surface area (Å²) in [4.78, 5) is 12.6. The first-order chi connectivity index (χ1) is 18.3. The molecule has 9 nitrogen and oxygen atoms in total. The summed E-state index contributed by atoms with van der Waals surface area (Å²) in [5.41, 5.74) is 8.88. The van der Waals surface area contributed by atoms with Crippen molar-refractivity contribution in [3.63, 3.8) is 0 Å². The van der Waals surface area contributed by atoms with Crippen molar-refractivity contribution in [3.8, 4) is 5.75 Å². The molecule has 3 aromatic rings. The van der Waals surface area contributed by atoms with Gasteiger partial charge in [-0.05, 0) is 67.3 Å². The zero-order chi connectivity index (χ0) is 28.7. The van der Waals surface area contributed by atoms with Crippen molar-refractivity contribution in [1.82, 2.24) is 4.31 Å². The van der Waals surface area contributed by atoms with Gasteiger partial charge in [-0.1, -0.05) is 41.9 Å². The summed E-state index contributed by atoms with van der Waals surface area (Å²) < 4.78 is 34.0. The van der Waals surface area contributed by atoms with Gasteiger partial charge in [0.1, 0.15) is 17.3 Å². The van der Waals surface area contributed by atoms with Crippen LogP contribution in [0.4, 0.5) is 11.4 Å². The Bertz CT molecular complexity index is 1520. The molecule has 1 aliphatic rings. The second kappa shape index (κ2) is 10.7. The Morgan fingerprint density at radius 2 is 1.90 bits per heavy atom. The molecule has 0 fully saturated rings. The average Bonchev–Trinajstić information content (AvgIpc) is 2.99. The normalized spacial score (nSPS) is 16.1. The Hall–Kier alpha value is -3.31. The van der Waals surface area contributed by atoms with Crippen LogP contribution >= 0.6 is 11.6 Å². The van der Waals surface area contributed by atoms with E-state index in [-0.39, 0.29) is 24.6 Å². The van der Waals surface area contributed by atoms with Crippen molar-refractivity contribution in [2.75, 3.05) is 30.9 Å². The van der Waals surface area contributed by atoms with Crippen molar-refractivity contribution >= 4 is 39.0 Å². The molecular formula is C28H33ClN4O5S. The second-order valence-electron chi connectivity index (χ2n) is 10.3. The van der Waals surface area contributed by atoms with E-state index in [9.17, 15) is 18.3 Å². The highest BCUT2D eigenvalue weighted by Gasteiger charge is 2.40. The van der Waals surface area contributed by atoms with Crippen molar-refractivity contribution in [3.05, 3.63) is 81.9 Å². The molecule has 0 unspecified atom stereocenters. The Morgan fingerprint density at radius 3 is 2.56 bits per heavy atom. The number of carboxylic acids is 1. The number of ether oxygens (including phenoxy) is 1. The molecule has 11 heteroatoms. The van der Waals surface area contributed by atoms with E-state index in [2.05, 4.69) is 0 Å². The third kappa shape index (κ3) is 5.29. The lowest BCUT2D eigenvalue weighted by Crippen LogP contribution is -2.34. The molecule has 1 heterocycles. The van der Waals surface area contributed by atoms with Gasteiger partial charge in [-0.2, -0.15) is 4.31 Å². The molecule has 4 rings (SSSR count). The summed E-state index contributed by atoms with van der Waals surface area (Å²) in [5, 5.41) is 12.0. The van der Waals surface area contributed by atoms with Crippen LogP contribution in [0.3, 0.4) is 0 Å². The molecule has 1 aliphatic heterocycles. The number of carbonyl (C=O) groups is 1. The van der Waals surface area contributed by atoms with Crippen LogP contribution in [0.25, 0.3) is 0 Å². The van der Waals surface area contributed by atoms with Crippen LogP contribution in [-0.4, -0.2) is 44.0 Å². The Kier molecular flexibility index (Phi) is 7.86. The zero-order valence-electron chi connectivity index (χ0n) is 22.3. The van der Waals surface area contributed by atoms with E-state index < -0.39 is 27.3 Å². The first kappa shape index (κ1) is 28.7. The van der Waals surface area contributed by atoms with E-state index in [1.807, 2.05) is 13.0 Å². The molecule has 5 N–H and O–H groups in total. The number of sulfonamides is 1. The number of nitrogen functional groups attached to an aromatic ring is 1. The van der Waals surface area contributed by atoms with E-state index in [0.29, 0.717) is 38.8 Å². The minimum Gasteiger partial charge on any atom is -0.491 e. The summed E-state index contributed by atoms with van der Waals surface area (Å²) in [7, 11) is -2.19. The molecule has 3 aromatic carbocycles. The smallest absolute Gasteiger partial charge is 0.310 e. The van der Waals surface area contributed by atoms with Crippen LogP contribution in [0, 0.1) is 12.3 Å². The van der Waals surface area contributed by atoms with Gasteiger partial charge in [0.05, 0.1) is 16.8 Å². The maximum atomic E-state index is 13.5. The monoisotopic (exact) mass is 572 g/mol. The Morgan fingerprint density at radius 1 is 1.21 bits per heavy atom. The fourth-order valence-electron chi connectivity index (χ4n) is 5.01. The highest BCUT2D eigenvalue weighted by atomic mass is 35.5. The fraction of sp³-hybridized carbons (Fsp3) is 0.321.